The van der Waals surface area contributed by atoms with Crippen molar-refractivity contribution >= 4 is 29.0 Å². The third-order valence-electron chi connectivity index (χ3n) is 3.72. The standard InChI is InChI=1S/C15H20N4OS2/c20-14(19-7-3-1-2-4-8-19)11-22-15-16-13(17-18-15)10-12-6-5-9-21-12/h5-6,9H,1-4,7-8,10-11H2,(H,16,17,18). The molecule has 7 heteroatoms. The topological polar surface area (TPSA) is 61.9 Å². The number of nitrogens with zero attached hydrogens (tertiary/aromatic N) is 3. The normalized spacial score (nSPS) is 15.7. The summed E-state index contributed by atoms with van der Waals surface area (Å²) in [6.07, 6.45) is 5.50. The number of thioether (sulfide) groups is 1. The first-order valence-corrected chi connectivity index (χ1v) is 9.52. The van der Waals surface area contributed by atoms with Crippen molar-refractivity contribution in [2.75, 3.05) is 18.8 Å². The molecule has 118 valence electrons. The number of carbonyl (C=O) groups is 1. The van der Waals surface area contributed by atoms with Crippen molar-refractivity contribution in [3.05, 3.63) is 28.2 Å². The molecule has 0 radical (unpaired) electrons. The van der Waals surface area contributed by atoms with Gasteiger partial charge in [-0.1, -0.05) is 30.7 Å². The molecular weight excluding hydrogens is 316 g/mol. The van der Waals surface area contributed by atoms with Crippen LogP contribution in [0.15, 0.2) is 22.7 Å². The molecule has 22 heavy (non-hydrogen) atoms. The number of aromatic amines is 1. The summed E-state index contributed by atoms with van der Waals surface area (Å²) in [6, 6.07) is 4.12. The lowest BCUT2D eigenvalue weighted by atomic mass is 10.2. The highest BCUT2D eigenvalue weighted by Crippen LogP contribution is 2.18. The summed E-state index contributed by atoms with van der Waals surface area (Å²) in [7, 11) is 0. The molecule has 1 N–H and O–H groups in total. The number of rotatable bonds is 5. The van der Waals surface area contributed by atoms with E-state index in [1.165, 1.54) is 29.5 Å². The van der Waals surface area contributed by atoms with Crippen LogP contribution in [0.2, 0.25) is 0 Å². The van der Waals surface area contributed by atoms with Crippen molar-refractivity contribution in [3.8, 4) is 0 Å². The third-order valence-corrected chi connectivity index (χ3v) is 5.42. The van der Waals surface area contributed by atoms with Gasteiger partial charge in [-0.05, 0) is 24.3 Å². The number of nitrogens with one attached hydrogen (secondary N) is 1. The van der Waals surface area contributed by atoms with E-state index in [2.05, 4.69) is 26.6 Å². The monoisotopic (exact) mass is 336 g/mol. The van der Waals surface area contributed by atoms with Crippen LogP contribution in [0.1, 0.15) is 36.4 Å². The molecule has 1 fully saturated rings. The maximum absolute atomic E-state index is 12.2. The maximum atomic E-state index is 12.2. The number of carbonyl (C=O) groups excluding carboxylic acids is 1. The van der Waals surface area contributed by atoms with Gasteiger partial charge >= 0.3 is 0 Å². The van der Waals surface area contributed by atoms with Crippen LogP contribution in [0.25, 0.3) is 0 Å². The molecule has 1 aliphatic heterocycles. The Bertz CT molecular complexity index is 588. The van der Waals surface area contributed by atoms with E-state index in [0.29, 0.717) is 10.9 Å². The second-order valence-electron chi connectivity index (χ2n) is 5.40. The molecule has 0 unspecified atom stereocenters. The molecule has 1 aliphatic rings. The fraction of sp³-hybridized carbons (Fsp3) is 0.533. The highest BCUT2D eigenvalue weighted by Gasteiger charge is 2.16. The Morgan fingerprint density at radius 3 is 2.86 bits per heavy atom. The van der Waals surface area contributed by atoms with Gasteiger partial charge in [0, 0.05) is 24.4 Å². The lowest BCUT2D eigenvalue weighted by Gasteiger charge is -2.19. The van der Waals surface area contributed by atoms with Gasteiger partial charge in [0.1, 0.15) is 5.82 Å². The molecule has 0 spiro atoms. The molecular formula is C15H20N4OS2. The molecule has 1 saturated heterocycles. The Kier molecular flexibility index (Phi) is 5.50. The lowest BCUT2D eigenvalue weighted by molar-refractivity contribution is -0.128. The summed E-state index contributed by atoms with van der Waals surface area (Å²) in [5, 5.41) is 9.87. The quantitative estimate of drug-likeness (QED) is 0.853. The van der Waals surface area contributed by atoms with E-state index >= 15 is 0 Å². The molecule has 0 aromatic carbocycles. The molecule has 0 saturated carbocycles. The largest absolute Gasteiger partial charge is 0.342 e. The van der Waals surface area contributed by atoms with Gasteiger partial charge in [0.05, 0.1) is 5.75 Å². The second-order valence-corrected chi connectivity index (χ2v) is 7.38. The molecule has 2 aromatic rings. The van der Waals surface area contributed by atoms with Gasteiger partial charge < -0.3 is 4.90 Å². The SMILES string of the molecule is O=C(CSc1n[nH]c(Cc2cccs2)n1)N1CCCCCC1. The minimum atomic E-state index is 0.205. The Morgan fingerprint density at radius 2 is 2.14 bits per heavy atom. The fourth-order valence-electron chi connectivity index (χ4n) is 2.54. The van der Waals surface area contributed by atoms with Crippen LogP contribution < -0.4 is 0 Å². The molecule has 3 heterocycles. The Labute approximate surface area is 138 Å². The van der Waals surface area contributed by atoms with Crippen LogP contribution in [0, 0.1) is 0 Å². The van der Waals surface area contributed by atoms with Gasteiger partial charge in [-0.25, -0.2) is 4.98 Å². The minimum absolute atomic E-state index is 0.205. The maximum Gasteiger partial charge on any atom is 0.233 e. The van der Waals surface area contributed by atoms with Crippen LogP contribution in [0.4, 0.5) is 0 Å². The number of likely N-dealkylation sites (tertiary alicyclic amines) is 1. The molecule has 3 rings (SSSR count). The van der Waals surface area contributed by atoms with Gasteiger partial charge in [-0.3, -0.25) is 9.89 Å². The van der Waals surface area contributed by atoms with Crippen LogP contribution in [-0.2, 0) is 11.2 Å². The number of amides is 1. The average Bonchev–Trinajstić information content (AvgIpc) is 3.11. The van der Waals surface area contributed by atoms with Crippen LogP contribution in [-0.4, -0.2) is 44.8 Å². The first kappa shape index (κ1) is 15.6. The predicted molar refractivity (Wildman–Crippen MR) is 89.3 cm³/mol. The van der Waals surface area contributed by atoms with E-state index in [0.717, 1.165) is 38.2 Å². The molecule has 0 aliphatic carbocycles. The van der Waals surface area contributed by atoms with Crippen molar-refractivity contribution in [2.24, 2.45) is 0 Å². The molecule has 1 amide bonds. The minimum Gasteiger partial charge on any atom is -0.342 e. The summed E-state index contributed by atoms with van der Waals surface area (Å²) in [5.74, 6) is 1.49. The van der Waals surface area contributed by atoms with Crippen molar-refractivity contribution in [3.63, 3.8) is 0 Å². The van der Waals surface area contributed by atoms with E-state index in [-0.39, 0.29) is 5.91 Å². The summed E-state index contributed by atoms with van der Waals surface area (Å²) < 4.78 is 0. The number of hydrogen-bond acceptors (Lipinski definition) is 5. The van der Waals surface area contributed by atoms with Gasteiger partial charge in [-0.15, -0.1) is 16.4 Å². The van der Waals surface area contributed by atoms with Gasteiger partial charge in [-0.2, -0.15) is 0 Å². The van der Waals surface area contributed by atoms with Gasteiger partial charge in [0.25, 0.3) is 0 Å². The van der Waals surface area contributed by atoms with Crippen molar-refractivity contribution in [1.82, 2.24) is 20.1 Å². The van der Waals surface area contributed by atoms with Crippen LogP contribution in [0.3, 0.4) is 0 Å². The second kappa shape index (κ2) is 7.78. The van der Waals surface area contributed by atoms with Crippen LogP contribution >= 0.6 is 23.1 Å². The summed E-state index contributed by atoms with van der Waals surface area (Å²) >= 11 is 3.13. The smallest absolute Gasteiger partial charge is 0.233 e. The highest BCUT2D eigenvalue weighted by atomic mass is 32.2. The Morgan fingerprint density at radius 1 is 1.32 bits per heavy atom. The number of H-pyrrole nitrogens is 1. The number of thiophene rings is 1. The fourth-order valence-corrected chi connectivity index (χ4v) is 3.97. The summed E-state index contributed by atoms with van der Waals surface area (Å²) in [6.45, 7) is 1.80. The van der Waals surface area contributed by atoms with Crippen molar-refractivity contribution in [2.45, 2.75) is 37.3 Å². The van der Waals surface area contributed by atoms with E-state index in [1.807, 2.05) is 11.0 Å². The zero-order valence-corrected chi connectivity index (χ0v) is 14.1. The number of hydrogen-bond donors (Lipinski definition) is 1. The molecule has 5 nitrogen and oxygen atoms in total. The lowest BCUT2D eigenvalue weighted by Crippen LogP contribution is -2.33. The Balaban J connectivity index is 1.48. The summed E-state index contributed by atoms with van der Waals surface area (Å²) in [5.41, 5.74) is 0. The summed E-state index contributed by atoms with van der Waals surface area (Å²) in [4.78, 5) is 19.9. The van der Waals surface area contributed by atoms with E-state index in [9.17, 15) is 4.79 Å². The Hall–Kier alpha value is -1.34. The molecule has 2 aromatic heterocycles. The van der Waals surface area contributed by atoms with E-state index < -0.39 is 0 Å². The van der Waals surface area contributed by atoms with Gasteiger partial charge in [0.15, 0.2) is 0 Å². The highest BCUT2D eigenvalue weighted by molar-refractivity contribution is 7.99. The zero-order valence-electron chi connectivity index (χ0n) is 12.5. The molecule has 0 bridgehead atoms. The zero-order chi connectivity index (χ0) is 15.2. The number of aromatic nitrogens is 3. The third kappa shape index (κ3) is 4.33. The first-order chi connectivity index (χ1) is 10.8. The van der Waals surface area contributed by atoms with Crippen LogP contribution in [0.5, 0.6) is 0 Å². The van der Waals surface area contributed by atoms with Gasteiger partial charge in [0.2, 0.25) is 11.1 Å². The van der Waals surface area contributed by atoms with E-state index in [1.54, 1.807) is 11.3 Å². The first-order valence-electron chi connectivity index (χ1n) is 7.65. The predicted octanol–water partition coefficient (Wildman–Crippen LogP) is 2.95. The average molecular weight is 336 g/mol. The molecule has 0 atom stereocenters. The van der Waals surface area contributed by atoms with Crippen molar-refractivity contribution in [1.29, 1.82) is 0 Å². The van der Waals surface area contributed by atoms with E-state index in [4.69, 9.17) is 0 Å². The van der Waals surface area contributed by atoms with Crippen molar-refractivity contribution < 1.29 is 4.79 Å².